The molecule has 3 nitrogen and oxygen atoms in total. The van der Waals surface area contributed by atoms with Gasteiger partial charge in [0.25, 0.3) is 0 Å². The second-order valence-electron chi connectivity index (χ2n) is 3.14. The maximum absolute atomic E-state index is 8.77. The third kappa shape index (κ3) is 4.88. The topological polar surface area (TPSA) is 60.7 Å². The molecule has 1 aliphatic carbocycles. The lowest BCUT2D eigenvalue weighted by Crippen LogP contribution is -2.00. The fourth-order valence-electron chi connectivity index (χ4n) is 1.06. The van der Waals surface area contributed by atoms with E-state index >= 15 is 0 Å². The Morgan fingerprint density at radius 1 is 1.07 bits per heavy atom. The van der Waals surface area contributed by atoms with Gasteiger partial charge in [0.1, 0.15) is 11.5 Å². The summed E-state index contributed by atoms with van der Waals surface area (Å²) in [4.78, 5) is 0. The van der Waals surface area contributed by atoms with Gasteiger partial charge in [0, 0.05) is 6.07 Å². The van der Waals surface area contributed by atoms with Crippen LogP contribution in [0.2, 0.25) is 0 Å². The van der Waals surface area contributed by atoms with Crippen molar-refractivity contribution in [3.05, 3.63) is 48.6 Å². The van der Waals surface area contributed by atoms with Crippen molar-refractivity contribution in [1.82, 2.24) is 0 Å². The molecule has 15 heavy (non-hydrogen) atoms. The molecule has 3 heteroatoms. The number of aliphatic hydroxyl groups excluding tert-OH is 1. The van der Waals surface area contributed by atoms with Crippen LogP contribution in [0.4, 0.5) is 0 Å². The minimum Gasteiger partial charge on any atom is -0.508 e. The Labute approximate surface area is 88.6 Å². The second-order valence-corrected chi connectivity index (χ2v) is 3.14. The predicted octanol–water partition coefficient (Wildman–Crippen LogP) is 1.96. The molecule has 1 aliphatic rings. The zero-order chi connectivity index (χ0) is 11.1. The molecule has 0 saturated heterocycles. The third-order valence-corrected chi connectivity index (χ3v) is 1.79. The van der Waals surface area contributed by atoms with E-state index in [2.05, 4.69) is 0 Å². The number of allylic oxidation sites excluding steroid dienone is 2. The monoisotopic (exact) mass is 206 g/mol. The van der Waals surface area contributed by atoms with E-state index in [1.807, 2.05) is 18.2 Å². The van der Waals surface area contributed by atoms with E-state index in [0.717, 1.165) is 6.42 Å². The maximum Gasteiger partial charge on any atom is 0.119 e. The standard InChI is InChI=1S/C6H6O2.C6H8O/c7-5-2-1-3-6(8)4-5;7-6-4-2-1-3-5-6/h1-4,7-8H;1-4,6-7H,5H2. The molecule has 1 aromatic rings. The van der Waals surface area contributed by atoms with E-state index in [0.29, 0.717) is 0 Å². The Kier molecular flexibility index (Phi) is 4.44. The average molecular weight is 206 g/mol. The van der Waals surface area contributed by atoms with Gasteiger partial charge in [-0.2, -0.15) is 0 Å². The normalized spacial score (nSPS) is 18.1. The highest BCUT2D eigenvalue weighted by atomic mass is 16.3. The number of aliphatic hydroxyl groups is 1. The van der Waals surface area contributed by atoms with Crippen molar-refractivity contribution in [2.75, 3.05) is 0 Å². The molecular weight excluding hydrogens is 192 g/mol. The van der Waals surface area contributed by atoms with Crippen LogP contribution in [-0.4, -0.2) is 21.4 Å². The number of hydrogen-bond donors (Lipinski definition) is 3. The molecule has 0 saturated carbocycles. The van der Waals surface area contributed by atoms with Gasteiger partial charge in [0.05, 0.1) is 6.10 Å². The highest BCUT2D eigenvalue weighted by molar-refractivity contribution is 5.30. The summed E-state index contributed by atoms with van der Waals surface area (Å²) in [5.41, 5.74) is 0. The molecule has 0 fully saturated rings. The lowest BCUT2D eigenvalue weighted by molar-refractivity contribution is 0.225. The largest absolute Gasteiger partial charge is 0.508 e. The summed E-state index contributed by atoms with van der Waals surface area (Å²) in [6.45, 7) is 0. The predicted molar refractivity (Wildman–Crippen MR) is 58.7 cm³/mol. The van der Waals surface area contributed by atoms with Crippen LogP contribution in [0.5, 0.6) is 11.5 Å². The van der Waals surface area contributed by atoms with Crippen molar-refractivity contribution in [2.24, 2.45) is 0 Å². The third-order valence-electron chi connectivity index (χ3n) is 1.79. The molecule has 0 radical (unpaired) electrons. The van der Waals surface area contributed by atoms with Gasteiger partial charge in [-0.25, -0.2) is 0 Å². The van der Waals surface area contributed by atoms with Gasteiger partial charge in [-0.15, -0.1) is 0 Å². The van der Waals surface area contributed by atoms with Crippen LogP contribution in [0.3, 0.4) is 0 Å². The minimum absolute atomic E-state index is 0.0880. The fraction of sp³-hybridized carbons (Fsp3) is 0.167. The molecule has 0 spiro atoms. The average Bonchev–Trinajstić information content (AvgIpc) is 2.19. The zero-order valence-electron chi connectivity index (χ0n) is 8.24. The number of rotatable bonds is 0. The van der Waals surface area contributed by atoms with E-state index in [1.165, 1.54) is 18.2 Å². The number of phenols is 2. The van der Waals surface area contributed by atoms with Crippen molar-refractivity contribution in [3.8, 4) is 11.5 Å². The van der Waals surface area contributed by atoms with Crippen molar-refractivity contribution in [2.45, 2.75) is 12.5 Å². The SMILES string of the molecule is OC1C=CC=CC1.Oc1cccc(O)c1. The molecule has 0 aliphatic heterocycles. The molecule has 2 rings (SSSR count). The molecular formula is C12H14O3. The first-order valence-electron chi connectivity index (χ1n) is 4.68. The van der Waals surface area contributed by atoms with Crippen LogP contribution in [0.1, 0.15) is 6.42 Å². The van der Waals surface area contributed by atoms with E-state index < -0.39 is 0 Å². The number of aromatic hydroxyl groups is 2. The number of phenolic OH excluding ortho intramolecular Hbond substituents is 2. The molecule has 80 valence electrons. The first-order chi connectivity index (χ1) is 7.18. The van der Waals surface area contributed by atoms with Gasteiger partial charge in [-0.1, -0.05) is 30.4 Å². The molecule has 1 unspecified atom stereocenters. The van der Waals surface area contributed by atoms with Crippen LogP contribution < -0.4 is 0 Å². The Morgan fingerprint density at radius 3 is 2.00 bits per heavy atom. The van der Waals surface area contributed by atoms with E-state index in [9.17, 15) is 0 Å². The Bertz CT molecular complexity index is 338. The highest BCUT2D eigenvalue weighted by Crippen LogP contribution is 2.14. The quantitative estimate of drug-likeness (QED) is 0.608. The van der Waals surface area contributed by atoms with Crippen molar-refractivity contribution in [3.63, 3.8) is 0 Å². The summed E-state index contributed by atoms with van der Waals surface area (Å²) < 4.78 is 0. The summed E-state index contributed by atoms with van der Waals surface area (Å²) in [6, 6.07) is 5.85. The molecule has 3 N–H and O–H groups in total. The molecule has 0 aromatic heterocycles. The van der Waals surface area contributed by atoms with Gasteiger partial charge >= 0.3 is 0 Å². The lowest BCUT2D eigenvalue weighted by Gasteiger charge is -2.01. The van der Waals surface area contributed by atoms with Gasteiger partial charge in [-0.05, 0) is 18.6 Å². The first-order valence-corrected chi connectivity index (χ1v) is 4.68. The van der Waals surface area contributed by atoms with Crippen LogP contribution in [0.25, 0.3) is 0 Å². The van der Waals surface area contributed by atoms with Crippen molar-refractivity contribution in [1.29, 1.82) is 0 Å². The molecule has 0 bridgehead atoms. The maximum atomic E-state index is 8.77. The Morgan fingerprint density at radius 2 is 1.73 bits per heavy atom. The number of hydrogen-bond acceptors (Lipinski definition) is 3. The van der Waals surface area contributed by atoms with Gasteiger partial charge in [-0.3, -0.25) is 0 Å². The van der Waals surface area contributed by atoms with Crippen molar-refractivity contribution >= 4 is 0 Å². The van der Waals surface area contributed by atoms with Crippen molar-refractivity contribution < 1.29 is 15.3 Å². The van der Waals surface area contributed by atoms with Gasteiger partial charge in [0.2, 0.25) is 0 Å². The van der Waals surface area contributed by atoms with Crippen LogP contribution in [-0.2, 0) is 0 Å². The fourth-order valence-corrected chi connectivity index (χ4v) is 1.06. The Hall–Kier alpha value is -1.74. The van der Waals surface area contributed by atoms with E-state index in [-0.39, 0.29) is 17.6 Å². The lowest BCUT2D eigenvalue weighted by atomic mass is 10.1. The molecule has 0 amide bonds. The van der Waals surface area contributed by atoms with Gasteiger partial charge in [0.15, 0.2) is 0 Å². The summed E-state index contributed by atoms with van der Waals surface area (Å²) in [5.74, 6) is 0.176. The van der Waals surface area contributed by atoms with Crippen LogP contribution >= 0.6 is 0 Å². The van der Waals surface area contributed by atoms with E-state index in [1.54, 1.807) is 12.1 Å². The summed E-state index contributed by atoms with van der Waals surface area (Å²) in [6.07, 6.45) is 8.06. The number of benzene rings is 1. The van der Waals surface area contributed by atoms with Crippen LogP contribution in [0.15, 0.2) is 48.6 Å². The highest BCUT2D eigenvalue weighted by Gasteiger charge is 1.95. The van der Waals surface area contributed by atoms with Crippen LogP contribution in [0, 0.1) is 0 Å². The molecule has 1 atom stereocenters. The Balaban J connectivity index is 0.000000151. The van der Waals surface area contributed by atoms with E-state index in [4.69, 9.17) is 15.3 Å². The second kappa shape index (κ2) is 5.88. The van der Waals surface area contributed by atoms with Gasteiger partial charge < -0.3 is 15.3 Å². The summed E-state index contributed by atoms with van der Waals surface area (Å²) >= 11 is 0. The molecule has 0 heterocycles. The minimum atomic E-state index is -0.231. The molecule has 1 aromatic carbocycles. The first kappa shape index (κ1) is 11.3. The summed E-state index contributed by atoms with van der Waals surface area (Å²) in [7, 11) is 0. The summed E-state index contributed by atoms with van der Waals surface area (Å²) in [5, 5.41) is 26.1. The smallest absolute Gasteiger partial charge is 0.119 e. The zero-order valence-corrected chi connectivity index (χ0v) is 8.24.